The van der Waals surface area contributed by atoms with Gasteiger partial charge in [-0.1, -0.05) is 32.1 Å². The number of hydrogen-bond donors (Lipinski definition) is 0. The van der Waals surface area contributed by atoms with E-state index in [1.807, 2.05) is 0 Å². The fourth-order valence-electron chi connectivity index (χ4n) is 5.47. The second kappa shape index (κ2) is 15.8. The van der Waals surface area contributed by atoms with E-state index in [4.69, 9.17) is 13.9 Å². The van der Waals surface area contributed by atoms with Crippen molar-refractivity contribution >= 4 is 29.2 Å². The zero-order valence-corrected chi connectivity index (χ0v) is 24.4. The molecule has 0 bridgehead atoms. The summed E-state index contributed by atoms with van der Waals surface area (Å²) in [6.07, 6.45) is 12.1. The van der Waals surface area contributed by atoms with Crippen LogP contribution in [0.4, 0.5) is 4.39 Å². The molecule has 0 aliphatic carbocycles. The lowest BCUT2D eigenvalue weighted by atomic mass is 9.89. The third-order valence-corrected chi connectivity index (χ3v) is 7.86. The lowest BCUT2D eigenvalue weighted by Gasteiger charge is -2.31. The smallest absolute Gasteiger partial charge is 0.195 e. The zero-order chi connectivity index (χ0) is 27.6. The van der Waals surface area contributed by atoms with E-state index in [0.29, 0.717) is 40.0 Å². The molecule has 2 aromatic carbocycles. The van der Waals surface area contributed by atoms with Crippen LogP contribution in [0.25, 0.3) is 11.0 Å². The molecule has 0 unspecified atom stereocenters. The van der Waals surface area contributed by atoms with E-state index in [2.05, 4.69) is 4.90 Å². The second-order valence-corrected chi connectivity index (χ2v) is 10.5. The highest BCUT2D eigenvalue weighted by atomic mass is 35.5. The molecule has 218 valence electrons. The Morgan fingerprint density at radius 1 is 0.925 bits per heavy atom. The Hall–Kier alpha value is -2.90. The maximum absolute atomic E-state index is 13.1. The molecule has 0 amide bonds. The molecule has 40 heavy (non-hydrogen) atoms. The number of benzene rings is 2. The number of ether oxygens (including phenoxy) is 2. The van der Waals surface area contributed by atoms with Crippen LogP contribution in [0.2, 0.25) is 0 Å². The Balaban J connectivity index is 0.00000441. The third-order valence-electron chi connectivity index (χ3n) is 7.86. The molecule has 8 heteroatoms. The van der Waals surface area contributed by atoms with Gasteiger partial charge in [0.15, 0.2) is 22.7 Å². The Morgan fingerprint density at radius 2 is 1.52 bits per heavy atom. The van der Waals surface area contributed by atoms with Crippen molar-refractivity contribution in [1.82, 2.24) is 4.90 Å². The van der Waals surface area contributed by atoms with Crippen molar-refractivity contribution < 1.29 is 23.1 Å². The van der Waals surface area contributed by atoms with Gasteiger partial charge in [-0.15, -0.1) is 12.4 Å². The average Bonchev–Trinajstić information content (AvgIpc) is 2.97. The SMILES string of the molecule is COc1cc2occ(CCCCCCCCCN3CCC(C(=O)c4ccc(F)cc4)CC3)c(=O)c2cc1OC.Cl. The first-order valence-electron chi connectivity index (χ1n) is 14.2. The lowest BCUT2D eigenvalue weighted by Crippen LogP contribution is -2.36. The van der Waals surface area contributed by atoms with E-state index in [1.54, 1.807) is 44.7 Å². The zero-order valence-electron chi connectivity index (χ0n) is 23.6. The molecule has 0 saturated carbocycles. The fourth-order valence-corrected chi connectivity index (χ4v) is 5.47. The van der Waals surface area contributed by atoms with Gasteiger partial charge in [0.25, 0.3) is 0 Å². The molecule has 1 fully saturated rings. The number of fused-ring (bicyclic) bond motifs is 1. The van der Waals surface area contributed by atoms with Crippen LogP contribution >= 0.6 is 12.4 Å². The van der Waals surface area contributed by atoms with Crippen molar-refractivity contribution in [1.29, 1.82) is 0 Å². The molecule has 0 spiro atoms. The predicted octanol–water partition coefficient (Wildman–Crippen LogP) is 7.24. The summed E-state index contributed by atoms with van der Waals surface area (Å²) < 4.78 is 29.4. The van der Waals surface area contributed by atoms with Gasteiger partial charge in [0, 0.05) is 23.1 Å². The number of nitrogens with zero attached hydrogens (tertiary/aromatic N) is 1. The van der Waals surface area contributed by atoms with Crippen molar-refractivity contribution in [2.75, 3.05) is 33.9 Å². The maximum Gasteiger partial charge on any atom is 0.195 e. The molecular weight excluding hydrogens is 533 g/mol. The normalized spacial score (nSPS) is 14.2. The van der Waals surface area contributed by atoms with Gasteiger partial charge in [0.05, 0.1) is 25.9 Å². The highest BCUT2D eigenvalue weighted by Gasteiger charge is 2.25. The number of Topliss-reactive ketones (excluding diaryl/α,β-unsaturated/α-hetero) is 1. The first-order chi connectivity index (χ1) is 19.0. The largest absolute Gasteiger partial charge is 0.493 e. The number of ketones is 1. The van der Waals surface area contributed by atoms with Crippen LogP contribution < -0.4 is 14.9 Å². The lowest BCUT2D eigenvalue weighted by molar-refractivity contribution is 0.0838. The Labute approximate surface area is 242 Å². The first-order valence-corrected chi connectivity index (χ1v) is 14.2. The van der Waals surface area contributed by atoms with E-state index in [-0.39, 0.29) is 35.4 Å². The summed E-state index contributed by atoms with van der Waals surface area (Å²) in [4.78, 5) is 28.0. The average molecular weight is 574 g/mol. The monoisotopic (exact) mass is 573 g/mol. The Kier molecular flexibility index (Phi) is 12.5. The number of rotatable bonds is 14. The molecule has 0 N–H and O–H groups in total. The third kappa shape index (κ3) is 8.31. The van der Waals surface area contributed by atoms with Crippen LogP contribution in [0.15, 0.2) is 51.9 Å². The number of unbranched alkanes of at least 4 members (excludes halogenated alkanes) is 6. The minimum atomic E-state index is -0.305. The minimum absolute atomic E-state index is 0. The van der Waals surface area contributed by atoms with Crippen LogP contribution in [-0.4, -0.2) is 44.5 Å². The first kappa shape index (κ1) is 31.6. The fraction of sp³-hybridized carbons (Fsp3) is 0.500. The highest BCUT2D eigenvalue weighted by molar-refractivity contribution is 5.97. The van der Waals surface area contributed by atoms with Crippen molar-refractivity contribution in [3.8, 4) is 11.5 Å². The number of carbonyl (C=O) groups excluding carboxylic acids is 1. The van der Waals surface area contributed by atoms with Gasteiger partial charge in [-0.3, -0.25) is 9.59 Å². The van der Waals surface area contributed by atoms with Crippen molar-refractivity contribution in [2.24, 2.45) is 5.92 Å². The van der Waals surface area contributed by atoms with Gasteiger partial charge < -0.3 is 18.8 Å². The van der Waals surface area contributed by atoms with Crippen molar-refractivity contribution in [2.45, 2.75) is 64.2 Å². The van der Waals surface area contributed by atoms with Gasteiger partial charge in [-0.25, -0.2) is 4.39 Å². The predicted molar refractivity (Wildman–Crippen MR) is 159 cm³/mol. The molecule has 2 heterocycles. The van der Waals surface area contributed by atoms with Crippen LogP contribution in [0.5, 0.6) is 11.5 Å². The van der Waals surface area contributed by atoms with Crippen molar-refractivity contribution in [3.05, 3.63) is 69.8 Å². The van der Waals surface area contributed by atoms with Crippen LogP contribution in [-0.2, 0) is 6.42 Å². The number of carbonyl (C=O) groups is 1. The summed E-state index contributed by atoms with van der Waals surface area (Å²) in [5, 5.41) is 0.522. The summed E-state index contributed by atoms with van der Waals surface area (Å²) in [6, 6.07) is 9.31. The number of hydrogen-bond acceptors (Lipinski definition) is 6. The number of halogens is 2. The highest BCUT2D eigenvalue weighted by Crippen LogP contribution is 2.31. The summed E-state index contributed by atoms with van der Waals surface area (Å²) in [5.74, 6) is 0.965. The van der Waals surface area contributed by atoms with E-state index in [9.17, 15) is 14.0 Å². The molecule has 3 aromatic rings. The summed E-state index contributed by atoms with van der Waals surface area (Å²) in [6.45, 7) is 3.01. The Bertz CT molecular complexity index is 1280. The van der Waals surface area contributed by atoms with Gasteiger partial charge >= 0.3 is 0 Å². The van der Waals surface area contributed by atoms with Crippen LogP contribution in [0.1, 0.15) is 73.7 Å². The quantitative estimate of drug-likeness (QED) is 0.150. The molecule has 0 radical (unpaired) electrons. The maximum atomic E-state index is 13.1. The summed E-state index contributed by atoms with van der Waals surface area (Å²) in [7, 11) is 3.11. The topological polar surface area (TPSA) is 69.0 Å². The van der Waals surface area contributed by atoms with Gasteiger partial charge in [0.1, 0.15) is 11.4 Å². The molecular formula is C32H41ClFNO5. The molecule has 1 aliphatic rings. The van der Waals surface area contributed by atoms with E-state index in [1.165, 1.54) is 44.2 Å². The van der Waals surface area contributed by atoms with Crippen LogP contribution in [0.3, 0.4) is 0 Å². The molecule has 0 atom stereocenters. The molecule has 4 rings (SSSR count). The molecule has 1 aliphatic heterocycles. The second-order valence-electron chi connectivity index (χ2n) is 10.5. The van der Waals surface area contributed by atoms with E-state index >= 15 is 0 Å². The number of aryl methyl sites for hydroxylation is 1. The summed E-state index contributed by atoms with van der Waals surface area (Å²) >= 11 is 0. The number of piperidine rings is 1. The van der Waals surface area contributed by atoms with Crippen LogP contribution in [0, 0.1) is 11.7 Å². The van der Waals surface area contributed by atoms with E-state index < -0.39 is 0 Å². The summed E-state index contributed by atoms with van der Waals surface area (Å²) in [5.41, 5.74) is 1.83. The molecule has 1 aromatic heterocycles. The Morgan fingerprint density at radius 3 is 2.17 bits per heavy atom. The van der Waals surface area contributed by atoms with Crippen molar-refractivity contribution in [3.63, 3.8) is 0 Å². The van der Waals surface area contributed by atoms with E-state index in [0.717, 1.165) is 45.3 Å². The van der Waals surface area contributed by atoms with Gasteiger partial charge in [-0.2, -0.15) is 0 Å². The standard InChI is InChI=1S/C32H40FNO5.ClH/c1-37-29-20-27-28(21-30(29)38-2)39-22-25(32(27)36)10-8-6-4-3-5-7-9-17-34-18-15-24(16-19-34)31(35)23-11-13-26(33)14-12-23;/h11-14,20-22,24H,3-10,15-19H2,1-2H3;1H. The number of likely N-dealkylation sites (tertiary alicyclic amines) is 1. The minimum Gasteiger partial charge on any atom is -0.493 e. The molecule has 1 saturated heterocycles. The van der Waals surface area contributed by atoms with Gasteiger partial charge in [-0.05, 0) is 82.1 Å². The molecule has 6 nitrogen and oxygen atoms in total. The number of methoxy groups -OCH3 is 2. The van der Waals surface area contributed by atoms with Gasteiger partial charge in [0.2, 0.25) is 0 Å².